The van der Waals surface area contributed by atoms with Gasteiger partial charge in [0, 0.05) is 31.4 Å². The zero-order valence-corrected chi connectivity index (χ0v) is 20.9. The van der Waals surface area contributed by atoms with Gasteiger partial charge in [-0.3, -0.25) is 19.5 Å². The second-order valence-electron chi connectivity index (χ2n) is 8.26. The number of hydrogen-bond acceptors (Lipinski definition) is 9. The average molecular weight is 509 g/mol. The lowest BCUT2D eigenvalue weighted by Gasteiger charge is -2.25. The maximum absolute atomic E-state index is 13.6. The summed E-state index contributed by atoms with van der Waals surface area (Å²) in [5.41, 5.74) is 1.56. The van der Waals surface area contributed by atoms with Crippen LogP contribution < -0.4 is 19.8 Å². The van der Waals surface area contributed by atoms with Crippen LogP contribution >= 0.6 is 11.3 Å². The lowest BCUT2D eigenvalue weighted by Crippen LogP contribution is -2.39. The normalized spacial score (nSPS) is 15.3. The van der Waals surface area contributed by atoms with Crippen molar-refractivity contribution in [2.24, 2.45) is 4.99 Å². The van der Waals surface area contributed by atoms with Crippen molar-refractivity contribution in [3.8, 4) is 5.75 Å². The van der Waals surface area contributed by atoms with Crippen LogP contribution in [0, 0.1) is 10.1 Å². The number of thiazole rings is 1. The Kier molecular flexibility index (Phi) is 6.75. The number of carbonyl (C=O) groups excluding carboxylic acids is 1. The van der Waals surface area contributed by atoms with Crippen LogP contribution in [0.3, 0.4) is 0 Å². The maximum Gasteiger partial charge on any atom is 0.338 e. The van der Waals surface area contributed by atoms with Crippen molar-refractivity contribution < 1.29 is 19.6 Å². The molecule has 11 heteroatoms. The summed E-state index contributed by atoms with van der Waals surface area (Å²) in [6.45, 7) is 3.56. The van der Waals surface area contributed by atoms with E-state index < -0.39 is 33.9 Å². The molecule has 0 radical (unpaired) electrons. The molecule has 2 heterocycles. The van der Waals surface area contributed by atoms with Crippen molar-refractivity contribution in [3.05, 3.63) is 94.7 Å². The van der Waals surface area contributed by atoms with Gasteiger partial charge in [0.05, 0.1) is 33.4 Å². The number of allylic oxidation sites excluding steroid dienone is 1. The SMILES string of the molecule is CCOC(=O)C1=C(C)N=c2s/c(=C\c3cccc([N+](=O)[O-])c3O)c(=O)n2C1c1ccc(N(C)C)cc1. The number of benzene rings is 2. The van der Waals surface area contributed by atoms with Gasteiger partial charge >= 0.3 is 11.7 Å². The van der Waals surface area contributed by atoms with Gasteiger partial charge in [0.2, 0.25) is 5.75 Å². The van der Waals surface area contributed by atoms with E-state index in [4.69, 9.17) is 4.74 Å². The molecule has 2 aromatic carbocycles. The highest BCUT2D eigenvalue weighted by Crippen LogP contribution is 2.32. The van der Waals surface area contributed by atoms with E-state index in [0.29, 0.717) is 16.1 Å². The van der Waals surface area contributed by atoms with Crippen LogP contribution in [0.2, 0.25) is 0 Å². The summed E-state index contributed by atoms with van der Waals surface area (Å²) >= 11 is 1.07. The molecule has 0 aliphatic carbocycles. The van der Waals surface area contributed by atoms with Crippen LogP contribution in [0.4, 0.5) is 11.4 Å². The van der Waals surface area contributed by atoms with Crippen LogP contribution in [0.1, 0.15) is 31.0 Å². The smallest absolute Gasteiger partial charge is 0.338 e. The van der Waals surface area contributed by atoms with Gasteiger partial charge in [-0.2, -0.15) is 0 Å². The van der Waals surface area contributed by atoms with Crippen molar-refractivity contribution in [1.82, 2.24) is 4.57 Å². The molecule has 1 unspecified atom stereocenters. The molecule has 3 aromatic rings. The fraction of sp³-hybridized carbons (Fsp3) is 0.240. The molecule has 4 rings (SSSR count). The monoisotopic (exact) mass is 508 g/mol. The second-order valence-corrected chi connectivity index (χ2v) is 9.27. The zero-order chi connectivity index (χ0) is 26.1. The number of esters is 1. The van der Waals surface area contributed by atoms with Crippen LogP contribution in [-0.2, 0) is 9.53 Å². The highest BCUT2D eigenvalue weighted by molar-refractivity contribution is 7.07. The Morgan fingerprint density at radius 3 is 2.58 bits per heavy atom. The lowest BCUT2D eigenvalue weighted by atomic mass is 9.95. The van der Waals surface area contributed by atoms with E-state index in [1.807, 2.05) is 43.3 Å². The number of hydrogen-bond donors (Lipinski definition) is 1. The van der Waals surface area contributed by atoms with Crippen LogP contribution in [0.25, 0.3) is 6.08 Å². The number of phenols is 1. The van der Waals surface area contributed by atoms with E-state index >= 15 is 0 Å². The van der Waals surface area contributed by atoms with Crippen molar-refractivity contribution in [2.75, 3.05) is 25.6 Å². The number of nitrogens with zero attached hydrogens (tertiary/aromatic N) is 4. The predicted molar refractivity (Wildman–Crippen MR) is 136 cm³/mol. The first-order chi connectivity index (χ1) is 17.1. The van der Waals surface area contributed by atoms with Crippen molar-refractivity contribution >= 4 is 34.8 Å². The quantitative estimate of drug-likeness (QED) is 0.308. The largest absolute Gasteiger partial charge is 0.502 e. The molecule has 0 fully saturated rings. The molecular formula is C25H24N4O6S. The molecule has 1 atom stereocenters. The van der Waals surface area contributed by atoms with E-state index in [0.717, 1.165) is 17.0 Å². The van der Waals surface area contributed by atoms with E-state index in [1.54, 1.807) is 13.8 Å². The van der Waals surface area contributed by atoms with Gasteiger partial charge in [-0.05, 0) is 37.6 Å². The highest BCUT2D eigenvalue weighted by atomic mass is 32.1. The summed E-state index contributed by atoms with van der Waals surface area (Å²) in [5.74, 6) is -1.10. The summed E-state index contributed by atoms with van der Waals surface area (Å²) < 4.78 is 6.92. The summed E-state index contributed by atoms with van der Waals surface area (Å²) in [6.07, 6.45) is 1.39. The standard InChI is InChI=1S/C25H24N4O6S/c1-5-35-24(32)20-14(2)26-25-28(21(20)15-9-11-17(12-10-15)27(3)4)23(31)19(36-25)13-16-7-6-8-18(22(16)30)29(33)34/h6-13,21,30H,5H2,1-4H3/b19-13-. The van der Waals surface area contributed by atoms with Crippen LogP contribution in [0.5, 0.6) is 5.75 Å². The topological polar surface area (TPSA) is 127 Å². The van der Waals surface area contributed by atoms with E-state index in [-0.39, 0.29) is 22.3 Å². The number of fused-ring (bicyclic) bond motifs is 1. The van der Waals surface area contributed by atoms with Gasteiger partial charge in [0.1, 0.15) is 0 Å². The third-order valence-corrected chi connectivity index (χ3v) is 6.75. The molecule has 36 heavy (non-hydrogen) atoms. The molecule has 1 N–H and O–H groups in total. The first kappa shape index (κ1) is 24.9. The lowest BCUT2D eigenvalue weighted by molar-refractivity contribution is -0.385. The fourth-order valence-electron chi connectivity index (χ4n) is 4.02. The molecule has 0 saturated heterocycles. The number of nitro benzene ring substituents is 1. The molecule has 186 valence electrons. The van der Waals surface area contributed by atoms with Gasteiger partial charge in [-0.1, -0.05) is 35.6 Å². The maximum atomic E-state index is 13.6. The Labute approximate surface area is 209 Å². The number of nitro groups is 1. The van der Waals surface area contributed by atoms with Gasteiger partial charge in [0.15, 0.2) is 4.80 Å². The molecule has 0 bridgehead atoms. The molecular weight excluding hydrogens is 484 g/mol. The van der Waals surface area contributed by atoms with Crippen molar-refractivity contribution in [2.45, 2.75) is 19.9 Å². The molecule has 0 amide bonds. The number of carbonyl (C=O) groups is 1. The minimum absolute atomic E-state index is 0.127. The molecule has 1 aromatic heterocycles. The van der Waals surface area contributed by atoms with Crippen molar-refractivity contribution in [3.63, 3.8) is 0 Å². The summed E-state index contributed by atoms with van der Waals surface area (Å²) in [6, 6.07) is 10.8. The minimum atomic E-state index is -0.780. The Morgan fingerprint density at radius 1 is 1.28 bits per heavy atom. The summed E-state index contributed by atoms with van der Waals surface area (Å²) in [7, 11) is 3.82. The Bertz CT molecular complexity index is 1570. The number of aromatic nitrogens is 1. The summed E-state index contributed by atoms with van der Waals surface area (Å²) in [5, 5.41) is 21.6. The van der Waals surface area contributed by atoms with Gasteiger partial charge in [0.25, 0.3) is 5.56 Å². The third kappa shape index (κ3) is 4.40. The number of anilines is 1. The first-order valence-corrected chi connectivity index (χ1v) is 11.9. The Balaban J connectivity index is 1.95. The van der Waals surface area contributed by atoms with Crippen LogP contribution in [0.15, 0.2) is 63.5 Å². The molecule has 0 saturated carbocycles. The minimum Gasteiger partial charge on any atom is -0.502 e. The van der Waals surface area contributed by atoms with Crippen molar-refractivity contribution in [1.29, 1.82) is 0 Å². The first-order valence-electron chi connectivity index (χ1n) is 11.1. The van der Waals surface area contributed by atoms with Gasteiger partial charge in [-0.15, -0.1) is 0 Å². The van der Waals surface area contributed by atoms with Gasteiger partial charge in [-0.25, -0.2) is 9.79 Å². The number of ether oxygens (including phenoxy) is 1. The molecule has 1 aliphatic heterocycles. The Morgan fingerprint density at radius 2 is 1.97 bits per heavy atom. The third-order valence-electron chi connectivity index (χ3n) is 5.77. The number of para-hydroxylation sites is 1. The fourth-order valence-corrected chi connectivity index (χ4v) is 5.05. The predicted octanol–water partition coefficient (Wildman–Crippen LogP) is 2.48. The van der Waals surface area contributed by atoms with Crippen LogP contribution in [-0.4, -0.2) is 41.3 Å². The Hall–Kier alpha value is -4.25. The number of phenolic OH excluding ortho intramolecular Hbond substituents is 1. The second kappa shape index (κ2) is 9.78. The number of aromatic hydroxyl groups is 1. The molecule has 10 nitrogen and oxygen atoms in total. The number of rotatable bonds is 6. The van der Waals surface area contributed by atoms with Gasteiger partial charge < -0.3 is 14.7 Å². The van der Waals surface area contributed by atoms with E-state index in [1.165, 1.54) is 28.8 Å². The molecule has 0 spiro atoms. The zero-order valence-electron chi connectivity index (χ0n) is 20.1. The average Bonchev–Trinajstić information content (AvgIpc) is 3.13. The van der Waals surface area contributed by atoms with E-state index in [2.05, 4.69) is 4.99 Å². The highest BCUT2D eigenvalue weighted by Gasteiger charge is 2.33. The molecule has 1 aliphatic rings. The van der Waals surface area contributed by atoms with E-state index in [9.17, 15) is 24.8 Å². The summed E-state index contributed by atoms with van der Waals surface area (Å²) in [4.78, 5) is 43.9.